The van der Waals surface area contributed by atoms with Gasteiger partial charge in [-0.15, -0.1) is 0 Å². The molecular weight excluding hydrogens is 300 g/mol. The molecule has 1 amide bonds. The van der Waals surface area contributed by atoms with Gasteiger partial charge in [-0.2, -0.15) is 5.10 Å². The van der Waals surface area contributed by atoms with Gasteiger partial charge in [-0.1, -0.05) is 0 Å². The summed E-state index contributed by atoms with van der Waals surface area (Å²) in [6, 6.07) is 3.72. The van der Waals surface area contributed by atoms with Gasteiger partial charge in [0.1, 0.15) is 12.3 Å². The Morgan fingerprint density at radius 3 is 3.06 bits per heavy atom. The topological polar surface area (TPSA) is 72.1 Å². The zero-order chi connectivity index (χ0) is 13.0. The fraction of sp³-hybridized carbons (Fsp3) is 0.273. The second kappa shape index (κ2) is 5.72. The van der Waals surface area contributed by atoms with Crippen LogP contribution >= 0.6 is 15.9 Å². The molecule has 2 aromatic rings. The SMILES string of the molecule is CNC(=O)Cn1cc(NCc2ccc(Br)o2)cn1. The average molecular weight is 313 g/mol. The van der Waals surface area contributed by atoms with Gasteiger partial charge in [0, 0.05) is 13.2 Å². The number of amides is 1. The van der Waals surface area contributed by atoms with Crippen molar-refractivity contribution in [2.45, 2.75) is 13.1 Å². The number of hydrogen-bond acceptors (Lipinski definition) is 4. The van der Waals surface area contributed by atoms with Crippen molar-refractivity contribution in [3.8, 4) is 0 Å². The van der Waals surface area contributed by atoms with Crippen LogP contribution in [0.4, 0.5) is 5.69 Å². The fourth-order valence-electron chi connectivity index (χ4n) is 1.40. The van der Waals surface area contributed by atoms with Crippen LogP contribution in [0.2, 0.25) is 0 Å². The molecule has 2 heterocycles. The van der Waals surface area contributed by atoms with E-state index in [1.165, 1.54) is 0 Å². The number of nitrogens with one attached hydrogen (secondary N) is 2. The summed E-state index contributed by atoms with van der Waals surface area (Å²) in [6.45, 7) is 0.780. The van der Waals surface area contributed by atoms with E-state index in [2.05, 4.69) is 31.7 Å². The molecule has 18 heavy (non-hydrogen) atoms. The van der Waals surface area contributed by atoms with Gasteiger partial charge in [0.25, 0.3) is 0 Å². The molecule has 0 unspecified atom stereocenters. The number of furan rings is 1. The van der Waals surface area contributed by atoms with Gasteiger partial charge in [-0.3, -0.25) is 9.48 Å². The van der Waals surface area contributed by atoms with Crippen molar-refractivity contribution < 1.29 is 9.21 Å². The number of hydrogen-bond donors (Lipinski definition) is 2. The van der Waals surface area contributed by atoms with E-state index < -0.39 is 0 Å². The predicted octanol–water partition coefficient (Wildman–Crippen LogP) is 1.60. The van der Waals surface area contributed by atoms with Gasteiger partial charge in [-0.25, -0.2) is 0 Å². The van der Waals surface area contributed by atoms with E-state index in [4.69, 9.17) is 4.42 Å². The van der Waals surface area contributed by atoms with Crippen LogP contribution in [0.1, 0.15) is 5.76 Å². The number of aromatic nitrogens is 2. The summed E-state index contributed by atoms with van der Waals surface area (Å²) in [7, 11) is 1.60. The van der Waals surface area contributed by atoms with Crippen molar-refractivity contribution in [3.05, 3.63) is 35.0 Å². The van der Waals surface area contributed by atoms with E-state index in [1.54, 1.807) is 24.1 Å². The molecule has 2 N–H and O–H groups in total. The lowest BCUT2D eigenvalue weighted by Gasteiger charge is -2.00. The van der Waals surface area contributed by atoms with Gasteiger partial charge in [0.2, 0.25) is 5.91 Å². The Hall–Kier alpha value is -1.76. The van der Waals surface area contributed by atoms with Gasteiger partial charge < -0.3 is 15.1 Å². The average Bonchev–Trinajstić information content (AvgIpc) is 2.96. The highest BCUT2D eigenvalue weighted by molar-refractivity contribution is 9.10. The quantitative estimate of drug-likeness (QED) is 0.879. The molecule has 0 fully saturated rings. The van der Waals surface area contributed by atoms with E-state index in [0.29, 0.717) is 11.2 Å². The first-order chi connectivity index (χ1) is 8.67. The molecule has 0 aliphatic carbocycles. The lowest BCUT2D eigenvalue weighted by molar-refractivity contribution is -0.121. The summed E-state index contributed by atoms with van der Waals surface area (Å²) in [4.78, 5) is 11.2. The number of likely N-dealkylation sites (N-methyl/N-ethyl adjacent to an activating group) is 1. The minimum Gasteiger partial charge on any atom is -0.452 e. The zero-order valence-corrected chi connectivity index (χ0v) is 11.4. The first-order valence-corrected chi connectivity index (χ1v) is 6.18. The first-order valence-electron chi connectivity index (χ1n) is 5.38. The molecule has 0 aliphatic rings. The molecule has 0 saturated carbocycles. The van der Waals surface area contributed by atoms with E-state index in [1.807, 2.05) is 12.1 Å². The van der Waals surface area contributed by atoms with Crippen molar-refractivity contribution >= 4 is 27.5 Å². The molecule has 2 aromatic heterocycles. The Kier molecular flexibility index (Phi) is 4.03. The highest BCUT2D eigenvalue weighted by atomic mass is 79.9. The minimum atomic E-state index is -0.0837. The van der Waals surface area contributed by atoms with Crippen LogP contribution < -0.4 is 10.6 Å². The molecule has 0 aliphatic heterocycles. The number of nitrogens with zero attached hydrogens (tertiary/aromatic N) is 2. The highest BCUT2D eigenvalue weighted by Gasteiger charge is 2.04. The number of halogens is 1. The Bertz CT molecular complexity index is 535. The molecule has 6 nitrogen and oxygen atoms in total. The van der Waals surface area contributed by atoms with Crippen LogP contribution in [0.3, 0.4) is 0 Å². The van der Waals surface area contributed by atoms with E-state index in [-0.39, 0.29) is 12.5 Å². The monoisotopic (exact) mass is 312 g/mol. The maximum atomic E-state index is 11.2. The molecule has 0 spiro atoms. The third-order valence-electron chi connectivity index (χ3n) is 2.31. The Morgan fingerprint density at radius 2 is 2.39 bits per heavy atom. The maximum Gasteiger partial charge on any atom is 0.241 e. The number of anilines is 1. The van der Waals surface area contributed by atoms with Crippen LogP contribution in [0.25, 0.3) is 0 Å². The number of carbonyl (C=O) groups is 1. The summed E-state index contributed by atoms with van der Waals surface area (Å²) in [5, 5.41) is 9.77. The lowest BCUT2D eigenvalue weighted by Crippen LogP contribution is -2.23. The Balaban J connectivity index is 1.88. The van der Waals surface area contributed by atoms with Crippen LogP contribution in [0, 0.1) is 0 Å². The predicted molar refractivity (Wildman–Crippen MR) is 70.0 cm³/mol. The zero-order valence-electron chi connectivity index (χ0n) is 9.81. The van der Waals surface area contributed by atoms with Gasteiger partial charge >= 0.3 is 0 Å². The van der Waals surface area contributed by atoms with Crippen molar-refractivity contribution in [2.24, 2.45) is 0 Å². The van der Waals surface area contributed by atoms with Crippen molar-refractivity contribution in [1.29, 1.82) is 0 Å². The number of carbonyl (C=O) groups excluding carboxylic acids is 1. The van der Waals surface area contributed by atoms with Crippen LogP contribution in [0.5, 0.6) is 0 Å². The highest BCUT2D eigenvalue weighted by Crippen LogP contribution is 2.15. The van der Waals surface area contributed by atoms with E-state index in [0.717, 1.165) is 11.4 Å². The summed E-state index contributed by atoms with van der Waals surface area (Å²) < 4.78 is 7.63. The Morgan fingerprint density at radius 1 is 1.56 bits per heavy atom. The smallest absolute Gasteiger partial charge is 0.241 e. The van der Waals surface area contributed by atoms with E-state index in [9.17, 15) is 4.79 Å². The Labute approximate surface area is 112 Å². The van der Waals surface area contributed by atoms with Crippen molar-refractivity contribution in [2.75, 3.05) is 12.4 Å². The second-order valence-electron chi connectivity index (χ2n) is 3.66. The summed E-state index contributed by atoms with van der Waals surface area (Å²) in [5.74, 6) is 0.737. The molecule has 0 aromatic carbocycles. The third kappa shape index (κ3) is 3.36. The molecule has 96 valence electrons. The van der Waals surface area contributed by atoms with Crippen LogP contribution in [-0.2, 0) is 17.9 Å². The molecule has 0 radical (unpaired) electrons. The molecule has 7 heteroatoms. The fourth-order valence-corrected chi connectivity index (χ4v) is 1.74. The molecule has 2 rings (SSSR count). The summed E-state index contributed by atoms with van der Waals surface area (Å²) in [6.07, 6.45) is 3.44. The largest absolute Gasteiger partial charge is 0.452 e. The molecule has 0 atom stereocenters. The standard InChI is InChI=1S/C11H13BrN4O2/c1-13-11(17)7-16-6-8(4-15-16)14-5-9-2-3-10(12)18-9/h2-4,6,14H,5,7H2,1H3,(H,13,17). The summed E-state index contributed by atoms with van der Waals surface area (Å²) >= 11 is 3.24. The molecule has 0 bridgehead atoms. The minimum absolute atomic E-state index is 0.0837. The molecule has 0 saturated heterocycles. The van der Waals surface area contributed by atoms with Crippen LogP contribution in [-0.4, -0.2) is 22.7 Å². The van der Waals surface area contributed by atoms with E-state index >= 15 is 0 Å². The second-order valence-corrected chi connectivity index (χ2v) is 4.44. The summed E-state index contributed by atoms with van der Waals surface area (Å²) in [5.41, 5.74) is 0.839. The third-order valence-corrected chi connectivity index (χ3v) is 2.74. The van der Waals surface area contributed by atoms with Crippen molar-refractivity contribution in [3.63, 3.8) is 0 Å². The van der Waals surface area contributed by atoms with Gasteiger partial charge in [0.05, 0.1) is 18.4 Å². The number of rotatable bonds is 5. The van der Waals surface area contributed by atoms with Gasteiger partial charge in [0.15, 0.2) is 4.67 Å². The first kappa shape index (κ1) is 12.7. The molecular formula is C11H13BrN4O2. The van der Waals surface area contributed by atoms with Gasteiger partial charge in [-0.05, 0) is 28.1 Å². The van der Waals surface area contributed by atoms with Crippen LogP contribution in [0.15, 0.2) is 33.6 Å². The lowest BCUT2D eigenvalue weighted by atomic mass is 10.4. The maximum absolute atomic E-state index is 11.2. The normalized spacial score (nSPS) is 10.3. The van der Waals surface area contributed by atoms with Crippen molar-refractivity contribution in [1.82, 2.24) is 15.1 Å².